The molecule has 18 heavy (non-hydrogen) atoms. The van der Waals surface area contributed by atoms with Gasteiger partial charge in [-0.05, 0) is 59.2 Å². The first-order valence-corrected chi connectivity index (χ1v) is 7.79. The van der Waals surface area contributed by atoms with E-state index in [4.69, 9.17) is 5.11 Å². The Morgan fingerprint density at radius 1 is 0.944 bits per heavy atom. The molecule has 0 spiro atoms. The Bertz CT molecular complexity index is 384. The number of hydrogen-bond acceptors (Lipinski definition) is 1. The Morgan fingerprint density at radius 3 is 1.61 bits per heavy atom. The standard InChI is InChI=1S/C15H25FOS/c1-14(2,3)18(16,15(4,5)6)13-9-7-12(11-17)8-10-13/h7-10,17H,11H2,1-6H3. The average molecular weight is 272 g/mol. The van der Waals surface area contributed by atoms with Crippen molar-refractivity contribution in [2.24, 2.45) is 0 Å². The summed E-state index contributed by atoms with van der Waals surface area (Å²) in [4.78, 5) is 0.764. The molecule has 0 fully saturated rings. The molecule has 0 saturated heterocycles. The summed E-state index contributed by atoms with van der Waals surface area (Å²) >= 11 is 0. The number of hydrogen-bond donors (Lipinski definition) is 1. The second-order valence-corrected chi connectivity index (χ2v) is 10.6. The zero-order valence-electron chi connectivity index (χ0n) is 12.2. The van der Waals surface area contributed by atoms with Crippen molar-refractivity contribution >= 4 is 10.4 Å². The predicted molar refractivity (Wildman–Crippen MR) is 78.8 cm³/mol. The number of benzene rings is 1. The Kier molecular flexibility index (Phi) is 4.19. The molecule has 0 heterocycles. The van der Waals surface area contributed by atoms with Crippen molar-refractivity contribution in [1.82, 2.24) is 0 Å². The van der Waals surface area contributed by atoms with Crippen molar-refractivity contribution < 1.29 is 8.99 Å². The van der Waals surface area contributed by atoms with Gasteiger partial charge >= 0.3 is 0 Å². The lowest BCUT2D eigenvalue weighted by atomic mass is 10.2. The monoisotopic (exact) mass is 272 g/mol. The Labute approximate surface area is 112 Å². The van der Waals surface area contributed by atoms with Gasteiger partial charge in [0.1, 0.15) is 0 Å². The molecular formula is C15H25FOS. The van der Waals surface area contributed by atoms with Crippen LogP contribution >= 0.6 is 10.4 Å². The second-order valence-electron chi connectivity index (χ2n) is 6.56. The van der Waals surface area contributed by atoms with Crippen LogP contribution in [0.2, 0.25) is 0 Å². The highest BCUT2D eigenvalue weighted by Crippen LogP contribution is 2.73. The fraction of sp³-hybridized carbons (Fsp3) is 0.600. The summed E-state index contributed by atoms with van der Waals surface area (Å²) in [5.41, 5.74) is 0.823. The first-order valence-electron chi connectivity index (χ1n) is 6.26. The van der Waals surface area contributed by atoms with E-state index in [1.165, 1.54) is 0 Å². The van der Waals surface area contributed by atoms with E-state index in [1.807, 2.05) is 65.8 Å². The Hall–Kier alpha value is -0.540. The van der Waals surface area contributed by atoms with Gasteiger partial charge in [0, 0.05) is 14.4 Å². The van der Waals surface area contributed by atoms with Gasteiger partial charge in [0.25, 0.3) is 0 Å². The van der Waals surface area contributed by atoms with E-state index in [0.717, 1.165) is 10.5 Å². The first-order chi connectivity index (χ1) is 8.04. The van der Waals surface area contributed by atoms with E-state index in [1.54, 1.807) is 0 Å². The molecule has 0 atom stereocenters. The van der Waals surface area contributed by atoms with Crippen LogP contribution in [0.4, 0.5) is 3.89 Å². The number of halogens is 1. The van der Waals surface area contributed by atoms with Crippen LogP contribution in [-0.2, 0) is 6.61 Å². The number of rotatable bonds is 2. The minimum atomic E-state index is -2.46. The molecule has 0 aromatic heterocycles. The molecule has 1 rings (SSSR count). The molecular weight excluding hydrogens is 247 g/mol. The van der Waals surface area contributed by atoms with Gasteiger partial charge in [-0.15, -0.1) is 0 Å². The van der Waals surface area contributed by atoms with Gasteiger partial charge in [-0.1, -0.05) is 22.5 Å². The maximum absolute atomic E-state index is 15.8. The molecule has 0 unspecified atom stereocenters. The quantitative estimate of drug-likeness (QED) is 0.818. The normalized spacial score (nSPS) is 14.7. The van der Waals surface area contributed by atoms with E-state index in [-0.39, 0.29) is 6.61 Å². The minimum absolute atomic E-state index is 0.0000647. The van der Waals surface area contributed by atoms with Crippen molar-refractivity contribution in [2.45, 2.75) is 62.5 Å². The second kappa shape index (κ2) is 4.86. The van der Waals surface area contributed by atoms with Crippen molar-refractivity contribution in [3.63, 3.8) is 0 Å². The van der Waals surface area contributed by atoms with Crippen LogP contribution in [-0.4, -0.2) is 14.6 Å². The van der Waals surface area contributed by atoms with Crippen molar-refractivity contribution in [2.75, 3.05) is 0 Å². The first kappa shape index (κ1) is 15.5. The molecule has 0 radical (unpaired) electrons. The third-order valence-corrected chi connectivity index (χ3v) is 7.42. The van der Waals surface area contributed by atoms with Gasteiger partial charge in [0.05, 0.1) is 6.61 Å². The van der Waals surface area contributed by atoms with Crippen LogP contribution in [0.25, 0.3) is 0 Å². The molecule has 0 amide bonds. The van der Waals surface area contributed by atoms with Gasteiger partial charge < -0.3 is 5.11 Å². The van der Waals surface area contributed by atoms with Crippen molar-refractivity contribution in [3.8, 4) is 0 Å². The highest BCUT2D eigenvalue weighted by atomic mass is 32.3. The highest BCUT2D eigenvalue weighted by molar-refractivity contribution is 8.31. The molecule has 104 valence electrons. The zero-order chi connectivity index (χ0) is 14.2. The van der Waals surface area contributed by atoms with Crippen LogP contribution in [0.5, 0.6) is 0 Å². The third-order valence-electron chi connectivity index (χ3n) is 3.12. The van der Waals surface area contributed by atoms with Crippen molar-refractivity contribution in [1.29, 1.82) is 0 Å². The van der Waals surface area contributed by atoms with Crippen LogP contribution in [0.15, 0.2) is 29.2 Å². The highest BCUT2D eigenvalue weighted by Gasteiger charge is 2.47. The smallest absolute Gasteiger partial charge is 0.0681 e. The van der Waals surface area contributed by atoms with Gasteiger partial charge in [0.15, 0.2) is 0 Å². The molecule has 0 aliphatic heterocycles. The molecule has 0 bridgehead atoms. The summed E-state index contributed by atoms with van der Waals surface area (Å²) in [6.45, 7) is 11.8. The number of aliphatic hydroxyl groups excluding tert-OH is 1. The van der Waals surface area contributed by atoms with E-state index in [0.29, 0.717) is 0 Å². The summed E-state index contributed by atoms with van der Waals surface area (Å²) in [6, 6.07) is 7.29. The SMILES string of the molecule is CC(C)(C)S(F)(c1ccc(CO)cc1)C(C)(C)C. The van der Waals surface area contributed by atoms with E-state index in [2.05, 4.69) is 0 Å². The Balaban J connectivity index is 3.36. The molecule has 3 heteroatoms. The maximum Gasteiger partial charge on any atom is 0.0681 e. The average Bonchev–Trinajstić information content (AvgIpc) is 2.25. The fourth-order valence-corrected chi connectivity index (χ4v) is 6.17. The minimum Gasteiger partial charge on any atom is -0.392 e. The zero-order valence-corrected chi connectivity index (χ0v) is 13.1. The lowest BCUT2D eigenvalue weighted by Crippen LogP contribution is -2.35. The summed E-state index contributed by atoms with van der Waals surface area (Å²) in [5.74, 6) is 0. The largest absolute Gasteiger partial charge is 0.392 e. The van der Waals surface area contributed by atoms with Crippen LogP contribution in [0.1, 0.15) is 47.1 Å². The molecule has 0 aliphatic rings. The number of aliphatic hydroxyl groups is 1. The van der Waals surface area contributed by atoms with Gasteiger partial charge in [-0.2, -0.15) is 3.89 Å². The predicted octanol–water partition coefficient (Wildman–Crippen LogP) is 4.82. The van der Waals surface area contributed by atoms with Gasteiger partial charge in [-0.25, -0.2) is 0 Å². The van der Waals surface area contributed by atoms with Gasteiger partial charge in [-0.3, -0.25) is 0 Å². The molecule has 1 N–H and O–H groups in total. The van der Waals surface area contributed by atoms with E-state index < -0.39 is 19.9 Å². The van der Waals surface area contributed by atoms with Crippen LogP contribution in [0.3, 0.4) is 0 Å². The summed E-state index contributed by atoms with van der Waals surface area (Å²) in [5, 5.41) is 9.06. The Morgan fingerprint density at radius 2 is 1.33 bits per heavy atom. The summed E-state index contributed by atoms with van der Waals surface area (Å²) in [6.07, 6.45) is 0. The molecule has 1 aromatic carbocycles. The van der Waals surface area contributed by atoms with Crippen molar-refractivity contribution in [3.05, 3.63) is 29.8 Å². The lowest BCUT2D eigenvalue weighted by molar-refractivity contribution is 0.282. The van der Waals surface area contributed by atoms with Crippen LogP contribution < -0.4 is 0 Å². The van der Waals surface area contributed by atoms with Crippen LogP contribution in [0, 0.1) is 0 Å². The summed E-state index contributed by atoms with van der Waals surface area (Å²) < 4.78 is 15.0. The maximum atomic E-state index is 15.8. The van der Waals surface area contributed by atoms with Gasteiger partial charge in [0.2, 0.25) is 0 Å². The molecule has 0 saturated carbocycles. The van der Waals surface area contributed by atoms with E-state index >= 15 is 3.89 Å². The summed E-state index contributed by atoms with van der Waals surface area (Å²) in [7, 11) is -2.46. The fourth-order valence-electron chi connectivity index (χ4n) is 2.41. The van der Waals surface area contributed by atoms with E-state index in [9.17, 15) is 0 Å². The topological polar surface area (TPSA) is 20.2 Å². The molecule has 1 nitrogen and oxygen atoms in total. The third kappa shape index (κ3) is 2.57. The molecule has 1 aromatic rings. The lowest BCUT2D eigenvalue weighted by Gasteiger charge is -2.52. The molecule has 0 aliphatic carbocycles.